The Morgan fingerprint density at radius 3 is 2.52 bits per heavy atom. The third kappa shape index (κ3) is 3.64. The molecule has 6 nitrogen and oxygen atoms in total. The van der Waals surface area contributed by atoms with Crippen LogP contribution in [0.3, 0.4) is 0 Å². The summed E-state index contributed by atoms with van der Waals surface area (Å²) in [6, 6.07) is 10.3. The van der Waals surface area contributed by atoms with Crippen LogP contribution >= 0.6 is 11.3 Å². The largest absolute Gasteiger partial charge is 0.366 e. The Labute approximate surface area is 136 Å². The molecule has 2 amide bonds. The van der Waals surface area contributed by atoms with E-state index in [0.717, 1.165) is 5.13 Å². The highest BCUT2D eigenvalue weighted by atomic mass is 32.1. The summed E-state index contributed by atoms with van der Waals surface area (Å²) in [5.74, 6) is -0.663. The zero-order valence-electron chi connectivity index (χ0n) is 12.1. The van der Waals surface area contributed by atoms with Crippen LogP contribution in [0.5, 0.6) is 0 Å². The van der Waals surface area contributed by atoms with E-state index < -0.39 is 5.91 Å². The van der Waals surface area contributed by atoms with Crippen molar-refractivity contribution in [2.75, 3.05) is 5.32 Å². The van der Waals surface area contributed by atoms with Gasteiger partial charge in [0.25, 0.3) is 0 Å². The van der Waals surface area contributed by atoms with E-state index in [2.05, 4.69) is 10.3 Å². The van der Waals surface area contributed by atoms with Gasteiger partial charge in [-0.2, -0.15) is 0 Å². The normalized spacial score (nSPS) is 10.4. The van der Waals surface area contributed by atoms with E-state index in [9.17, 15) is 9.59 Å². The second-order valence-corrected chi connectivity index (χ2v) is 5.71. The van der Waals surface area contributed by atoms with Crippen molar-refractivity contribution in [1.29, 1.82) is 0 Å². The van der Waals surface area contributed by atoms with Crippen LogP contribution in [0, 0.1) is 0 Å². The Hall–Kier alpha value is -2.93. The quantitative estimate of drug-likeness (QED) is 0.753. The van der Waals surface area contributed by atoms with Gasteiger partial charge in [0, 0.05) is 29.0 Å². The fourth-order valence-corrected chi connectivity index (χ4v) is 2.84. The van der Waals surface area contributed by atoms with Gasteiger partial charge in [-0.25, -0.2) is 4.98 Å². The van der Waals surface area contributed by atoms with E-state index in [4.69, 9.17) is 5.73 Å². The number of nitrogens with two attached hydrogens (primary N) is 1. The first-order valence-corrected chi connectivity index (χ1v) is 7.77. The molecule has 0 saturated carbocycles. The number of hydrogen-bond acceptors (Lipinski definition) is 4. The zero-order valence-corrected chi connectivity index (χ0v) is 12.9. The molecule has 0 aliphatic heterocycles. The predicted octanol–water partition coefficient (Wildman–Crippen LogP) is 2.21. The SMILES string of the molecule is NC(=O)c1ccc(NC(=O)Cc2csc(-n3cccc3)n2)cc1. The summed E-state index contributed by atoms with van der Waals surface area (Å²) in [7, 11) is 0. The van der Waals surface area contributed by atoms with Crippen molar-refractivity contribution in [2.24, 2.45) is 5.73 Å². The van der Waals surface area contributed by atoms with Crippen molar-refractivity contribution in [2.45, 2.75) is 6.42 Å². The maximum atomic E-state index is 12.1. The summed E-state index contributed by atoms with van der Waals surface area (Å²) >= 11 is 1.48. The van der Waals surface area contributed by atoms with Gasteiger partial charge < -0.3 is 15.6 Å². The number of amides is 2. The molecule has 3 N–H and O–H groups in total. The lowest BCUT2D eigenvalue weighted by atomic mass is 10.2. The van der Waals surface area contributed by atoms with E-state index in [1.54, 1.807) is 24.3 Å². The van der Waals surface area contributed by atoms with Crippen LogP contribution in [0.25, 0.3) is 5.13 Å². The smallest absolute Gasteiger partial charge is 0.248 e. The highest BCUT2D eigenvalue weighted by molar-refractivity contribution is 7.12. The summed E-state index contributed by atoms with van der Waals surface area (Å²) in [5, 5.41) is 5.46. The van der Waals surface area contributed by atoms with Crippen molar-refractivity contribution >= 4 is 28.8 Å². The van der Waals surface area contributed by atoms with Crippen LogP contribution in [-0.4, -0.2) is 21.4 Å². The van der Waals surface area contributed by atoms with Crippen LogP contribution in [0.15, 0.2) is 54.2 Å². The molecular weight excluding hydrogens is 312 g/mol. The number of thiazole rings is 1. The average molecular weight is 326 g/mol. The summed E-state index contributed by atoms with van der Waals surface area (Å²) in [6.45, 7) is 0. The first-order valence-electron chi connectivity index (χ1n) is 6.89. The maximum Gasteiger partial charge on any atom is 0.248 e. The van der Waals surface area contributed by atoms with Gasteiger partial charge in [0.15, 0.2) is 5.13 Å². The van der Waals surface area contributed by atoms with Gasteiger partial charge in [-0.1, -0.05) is 0 Å². The first kappa shape index (κ1) is 15.0. The second kappa shape index (κ2) is 6.45. The molecule has 3 rings (SSSR count). The summed E-state index contributed by atoms with van der Waals surface area (Å²) in [6.07, 6.45) is 4.00. The van der Waals surface area contributed by atoms with Gasteiger partial charge in [0.2, 0.25) is 11.8 Å². The average Bonchev–Trinajstić information content (AvgIpc) is 3.18. The third-order valence-corrected chi connectivity index (χ3v) is 4.06. The number of benzene rings is 1. The lowest BCUT2D eigenvalue weighted by Crippen LogP contribution is -2.15. The number of primary amides is 1. The lowest BCUT2D eigenvalue weighted by Gasteiger charge is -2.04. The topological polar surface area (TPSA) is 90.0 Å². The van der Waals surface area contributed by atoms with Crippen molar-refractivity contribution in [3.05, 3.63) is 65.4 Å². The number of nitrogens with zero attached hydrogens (tertiary/aromatic N) is 2. The van der Waals surface area contributed by atoms with Gasteiger partial charge in [-0.05, 0) is 36.4 Å². The molecular formula is C16H14N4O2S. The third-order valence-electron chi connectivity index (χ3n) is 3.16. The minimum absolute atomic E-state index is 0.166. The molecule has 23 heavy (non-hydrogen) atoms. The molecule has 1 aromatic carbocycles. The Morgan fingerprint density at radius 1 is 1.17 bits per heavy atom. The van der Waals surface area contributed by atoms with E-state index in [-0.39, 0.29) is 12.3 Å². The zero-order chi connectivity index (χ0) is 16.2. The molecule has 0 aliphatic carbocycles. The summed E-state index contributed by atoms with van der Waals surface area (Å²) < 4.78 is 1.90. The summed E-state index contributed by atoms with van der Waals surface area (Å²) in [5.41, 5.74) is 6.90. The minimum Gasteiger partial charge on any atom is -0.366 e. The Balaban J connectivity index is 1.62. The van der Waals surface area contributed by atoms with Gasteiger partial charge in [0.05, 0.1) is 12.1 Å². The molecule has 0 aliphatic rings. The molecule has 116 valence electrons. The van der Waals surface area contributed by atoms with Gasteiger partial charge in [-0.15, -0.1) is 11.3 Å². The Kier molecular flexibility index (Phi) is 4.20. The molecule has 0 radical (unpaired) electrons. The van der Waals surface area contributed by atoms with E-state index in [1.807, 2.05) is 34.5 Å². The number of anilines is 1. The minimum atomic E-state index is -0.497. The molecule has 2 aromatic heterocycles. The van der Waals surface area contributed by atoms with Crippen LogP contribution in [-0.2, 0) is 11.2 Å². The number of rotatable bonds is 5. The number of carbonyl (C=O) groups is 2. The van der Waals surface area contributed by atoms with Crippen molar-refractivity contribution in [3.8, 4) is 5.13 Å². The van der Waals surface area contributed by atoms with Crippen molar-refractivity contribution in [1.82, 2.24) is 9.55 Å². The maximum absolute atomic E-state index is 12.1. The number of carbonyl (C=O) groups excluding carboxylic acids is 2. The molecule has 3 aromatic rings. The highest BCUT2D eigenvalue weighted by Crippen LogP contribution is 2.16. The molecule has 0 atom stereocenters. The molecule has 2 heterocycles. The number of nitrogens with one attached hydrogen (secondary N) is 1. The van der Waals surface area contributed by atoms with E-state index in [1.165, 1.54) is 11.3 Å². The van der Waals surface area contributed by atoms with Gasteiger partial charge >= 0.3 is 0 Å². The molecule has 0 spiro atoms. The number of aromatic nitrogens is 2. The fourth-order valence-electron chi connectivity index (χ4n) is 2.05. The van der Waals surface area contributed by atoms with Crippen LogP contribution < -0.4 is 11.1 Å². The predicted molar refractivity (Wildman–Crippen MR) is 88.7 cm³/mol. The second-order valence-electron chi connectivity index (χ2n) is 4.88. The van der Waals surface area contributed by atoms with Gasteiger partial charge in [-0.3, -0.25) is 9.59 Å². The Morgan fingerprint density at radius 2 is 1.87 bits per heavy atom. The fraction of sp³-hybridized carbons (Fsp3) is 0.0625. The van der Waals surface area contributed by atoms with Crippen molar-refractivity contribution < 1.29 is 9.59 Å². The molecule has 0 saturated heterocycles. The molecule has 0 unspecified atom stereocenters. The molecule has 0 bridgehead atoms. The lowest BCUT2D eigenvalue weighted by molar-refractivity contribution is -0.115. The van der Waals surface area contributed by atoms with Crippen LogP contribution in [0.2, 0.25) is 0 Å². The van der Waals surface area contributed by atoms with Crippen LogP contribution in [0.1, 0.15) is 16.1 Å². The standard InChI is InChI=1S/C16H14N4O2S/c17-15(22)11-3-5-12(6-4-11)18-14(21)9-13-10-23-16(19-13)20-7-1-2-8-20/h1-8,10H,9H2,(H2,17,22)(H,18,21). The molecule has 7 heteroatoms. The summed E-state index contributed by atoms with van der Waals surface area (Å²) in [4.78, 5) is 27.5. The van der Waals surface area contributed by atoms with Crippen molar-refractivity contribution in [3.63, 3.8) is 0 Å². The van der Waals surface area contributed by atoms with E-state index >= 15 is 0 Å². The van der Waals surface area contributed by atoms with E-state index in [0.29, 0.717) is 16.9 Å². The molecule has 0 fully saturated rings. The first-order chi connectivity index (χ1) is 11.1. The Bertz CT molecular complexity index is 822. The number of hydrogen-bond donors (Lipinski definition) is 2. The van der Waals surface area contributed by atoms with Gasteiger partial charge in [0.1, 0.15) is 0 Å². The highest BCUT2D eigenvalue weighted by Gasteiger charge is 2.09. The van der Waals surface area contributed by atoms with Crippen LogP contribution in [0.4, 0.5) is 5.69 Å². The monoisotopic (exact) mass is 326 g/mol.